The molecular formula is C14H15ClN4O3S3. The predicted molar refractivity (Wildman–Crippen MR) is 103 cm³/mol. The third-order valence-corrected chi connectivity index (χ3v) is 6.46. The number of rotatable bonds is 9. The first-order chi connectivity index (χ1) is 12.0. The summed E-state index contributed by atoms with van der Waals surface area (Å²) < 4.78 is 1.61. The zero-order valence-corrected chi connectivity index (χ0v) is 16.4. The van der Waals surface area contributed by atoms with Gasteiger partial charge in [0.05, 0.1) is 10.7 Å². The van der Waals surface area contributed by atoms with Crippen molar-refractivity contribution in [2.45, 2.75) is 28.4 Å². The van der Waals surface area contributed by atoms with Crippen molar-refractivity contribution in [2.24, 2.45) is 0 Å². The molecule has 0 aliphatic heterocycles. The zero-order chi connectivity index (χ0) is 18.2. The fourth-order valence-electron chi connectivity index (χ4n) is 1.67. The van der Waals surface area contributed by atoms with Crippen molar-refractivity contribution < 1.29 is 9.72 Å². The number of anilines is 1. The number of nitrogens with one attached hydrogen (secondary N) is 1. The predicted octanol–water partition coefficient (Wildman–Crippen LogP) is 4.72. The van der Waals surface area contributed by atoms with Gasteiger partial charge in [-0.1, -0.05) is 59.8 Å². The van der Waals surface area contributed by atoms with E-state index in [0.717, 1.165) is 27.3 Å². The third kappa shape index (κ3) is 6.46. The van der Waals surface area contributed by atoms with Crippen LogP contribution in [-0.4, -0.2) is 32.5 Å². The Morgan fingerprint density at radius 1 is 1.36 bits per heavy atom. The molecule has 0 aliphatic rings. The number of nitrogens with zero attached hydrogens (tertiary/aromatic N) is 3. The van der Waals surface area contributed by atoms with Crippen LogP contribution in [0.4, 0.5) is 11.4 Å². The molecule has 134 valence electrons. The van der Waals surface area contributed by atoms with Gasteiger partial charge in [0.1, 0.15) is 5.02 Å². The fraction of sp³-hybridized carbons (Fsp3) is 0.357. The molecule has 1 amide bonds. The molecule has 7 nitrogen and oxygen atoms in total. The van der Waals surface area contributed by atoms with E-state index in [2.05, 4.69) is 22.4 Å². The van der Waals surface area contributed by atoms with E-state index < -0.39 is 4.92 Å². The molecule has 0 spiro atoms. The van der Waals surface area contributed by atoms with Crippen LogP contribution in [0.25, 0.3) is 0 Å². The SMILES string of the molecule is CCCCSc1nnc(SCC(=O)Nc2ccc(Cl)c([N+](=O)[O-])c2)s1. The quantitative estimate of drug-likeness (QED) is 0.272. The molecule has 0 atom stereocenters. The molecule has 2 aromatic rings. The number of amides is 1. The molecule has 1 N–H and O–H groups in total. The summed E-state index contributed by atoms with van der Waals surface area (Å²) in [5.74, 6) is 0.869. The summed E-state index contributed by atoms with van der Waals surface area (Å²) in [6.45, 7) is 2.13. The van der Waals surface area contributed by atoms with Gasteiger partial charge in [-0.05, 0) is 18.6 Å². The number of carbonyl (C=O) groups is 1. The number of unbranched alkanes of at least 4 members (excludes halogenated alkanes) is 1. The van der Waals surface area contributed by atoms with Crippen LogP contribution < -0.4 is 5.32 Å². The Bertz CT molecular complexity index is 757. The molecule has 0 saturated heterocycles. The monoisotopic (exact) mass is 418 g/mol. The topological polar surface area (TPSA) is 98.0 Å². The van der Waals surface area contributed by atoms with E-state index in [0.29, 0.717) is 5.69 Å². The number of halogens is 1. The molecule has 11 heteroatoms. The van der Waals surface area contributed by atoms with Crippen LogP contribution in [0.15, 0.2) is 26.9 Å². The maximum absolute atomic E-state index is 12.0. The summed E-state index contributed by atoms with van der Waals surface area (Å²) in [5.41, 5.74) is 0.0831. The Morgan fingerprint density at radius 3 is 2.76 bits per heavy atom. The van der Waals surface area contributed by atoms with Crippen molar-refractivity contribution in [3.63, 3.8) is 0 Å². The highest BCUT2D eigenvalue weighted by atomic mass is 35.5. The third-order valence-electron chi connectivity index (χ3n) is 2.86. The van der Waals surface area contributed by atoms with Gasteiger partial charge in [0.25, 0.3) is 5.69 Å². The average molecular weight is 419 g/mol. The van der Waals surface area contributed by atoms with Crippen LogP contribution in [0.5, 0.6) is 0 Å². The Hall–Kier alpha value is -1.36. The lowest BCUT2D eigenvalue weighted by atomic mass is 10.3. The molecule has 2 rings (SSSR count). The molecule has 0 aliphatic carbocycles. The minimum atomic E-state index is -0.592. The van der Waals surface area contributed by atoms with Gasteiger partial charge in [-0.2, -0.15) is 0 Å². The first-order valence-corrected chi connectivity index (χ1v) is 10.5. The van der Waals surface area contributed by atoms with Crippen molar-refractivity contribution in [3.05, 3.63) is 33.3 Å². The van der Waals surface area contributed by atoms with E-state index in [4.69, 9.17) is 11.6 Å². The van der Waals surface area contributed by atoms with Crippen molar-refractivity contribution in [3.8, 4) is 0 Å². The Kier molecular flexibility index (Phi) is 7.94. The summed E-state index contributed by atoms with van der Waals surface area (Å²) in [7, 11) is 0. The number of aromatic nitrogens is 2. The number of hydrogen-bond acceptors (Lipinski definition) is 8. The number of nitro groups is 1. The summed E-state index contributed by atoms with van der Waals surface area (Å²) in [4.78, 5) is 22.2. The Balaban J connectivity index is 1.85. The van der Waals surface area contributed by atoms with Crippen molar-refractivity contribution >= 4 is 63.7 Å². The standard InChI is InChI=1S/C14H15ClN4O3S3/c1-2-3-6-23-13-17-18-14(25-13)24-8-12(20)16-9-4-5-10(15)11(7-9)19(21)22/h4-5,7H,2-3,6,8H2,1H3,(H,16,20). The minimum Gasteiger partial charge on any atom is -0.325 e. The Labute approximate surface area is 162 Å². The van der Waals surface area contributed by atoms with Crippen LogP contribution in [0.1, 0.15) is 19.8 Å². The highest BCUT2D eigenvalue weighted by molar-refractivity contribution is 8.03. The largest absolute Gasteiger partial charge is 0.325 e. The van der Waals surface area contributed by atoms with Crippen LogP contribution in [0, 0.1) is 10.1 Å². The van der Waals surface area contributed by atoms with Crippen molar-refractivity contribution in [1.82, 2.24) is 10.2 Å². The number of nitro benzene ring substituents is 1. The molecule has 0 bridgehead atoms. The number of carbonyl (C=O) groups excluding carboxylic acids is 1. The maximum Gasteiger partial charge on any atom is 0.289 e. The molecule has 0 saturated carbocycles. The smallest absolute Gasteiger partial charge is 0.289 e. The first-order valence-electron chi connectivity index (χ1n) is 7.32. The molecule has 0 fully saturated rings. The number of thioether (sulfide) groups is 2. The molecule has 1 aromatic carbocycles. The second kappa shape index (κ2) is 9.95. The average Bonchev–Trinajstić information content (AvgIpc) is 3.03. The van der Waals surface area contributed by atoms with E-state index in [1.807, 2.05) is 0 Å². The maximum atomic E-state index is 12.0. The van der Waals surface area contributed by atoms with Gasteiger partial charge in [-0.3, -0.25) is 14.9 Å². The summed E-state index contributed by atoms with van der Waals surface area (Å²) in [6, 6.07) is 4.14. The van der Waals surface area contributed by atoms with Gasteiger partial charge in [-0.25, -0.2) is 0 Å². The lowest BCUT2D eigenvalue weighted by Gasteiger charge is -2.04. The minimum absolute atomic E-state index is 0.0272. The fourth-order valence-corrected chi connectivity index (χ4v) is 4.83. The lowest BCUT2D eigenvalue weighted by molar-refractivity contribution is -0.384. The van der Waals surface area contributed by atoms with Crippen LogP contribution in [-0.2, 0) is 4.79 Å². The van der Waals surface area contributed by atoms with Gasteiger partial charge in [0.2, 0.25) is 5.91 Å². The first kappa shape index (κ1) is 20.0. The number of hydrogen-bond donors (Lipinski definition) is 1. The van der Waals surface area contributed by atoms with E-state index in [1.165, 1.54) is 41.3 Å². The van der Waals surface area contributed by atoms with Gasteiger partial charge in [-0.15, -0.1) is 10.2 Å². The van der Waals surface area contributed by atoms with E-state index >= 15 is 0 Å². The summed E-state index contributed by atoms with van der Waals surface area (Å²) in [6.07, 6.45) is 2.26. The summed E-state index contributed by atoms with van der Waals surface area (Å²) in [5, 5.41) is 21.6. The second-order valence-corrected chi connectivity index (χ2v) is 8.75. The van der Waals surface area contributed by atoms with Gasteiger partial charge < -0.3 is 5.32 Å². The molecular weight excluding hydrogens is 404 g/mol. The Morgan fingerprint density at radius 2 is 2.08 bits per heavy atom. The van der Waals surface area contributed by atoms with E-state index in [-0.39, 0.29) is 22.4 Å². The molecule has 1 heterocycles. The molecule has 0 unspecified atom stereocenters. The van der Waals surface area contributed by atoms with Gasteiger partial charge >= 0.3 is 0 Å². The van der Waals surface area contributed by atoms with E-state index in [1.54, 1.807) is 11.8 Å². The van der Waals surface area contributed by atoms with Crippen LogP contribution in [0.2, 0.25) is 5.02 Å². The van der Waals surface area contributed by atoms with Crippen molar-refractivity contribution in [1.29, 1.82) is 0 Å². The lowest BCUT2D eigenvalue weighted by Crippen LogP contribution is -2.14. The number of benzene rings is 1. The molecule has 25 heavy (non-hydrogen) atoms. The van der Waals surface area contributed by atoms with Crippen LogP contribution >= 0.6 is 46.5 Å². The highest BCUT2D eigenvalue weighted by Crippen LogP contribution is 2.30. The van der Waals surface area contributed by atoms with Crippen molar-refractivity contribution in [2.75, 3.05) is 16.8 Å². The zero-order valence-electron chi connectivity index (χ0n) is 13.2. The van der Waals surface area contributed by atoms with Crippen LogP contribution in [0.3, 0.4) is 0 Å². The normalized spacial score (nSPS) is 10.6. The second-order valence-electron chi connectivity index (χ2n) is 4.80. The van der Waals surface area contributed by atoms with Gasteiger partial charge in [0.15, 0.2) is 8.68 Å². The molecule has 0 radical (unpaired) electrons. The van der Waals surface area contributed by atoms with Gasteiger partial charge in [0, 0.05) is 17.5 Å². The summed E-state index contributed by atoms with van der Waals surface area (Å²) >= 11 is 10.1. The van der Waals surface area contributed by atoms with E-state index in [9.17, 15) is 14.9 Å². The highest BCUT2D eigenvalue weighted by Gasteiger charge is 2.14. The molecule has 1 aromatic heterocycles.